The highest BCUT2D eigenvalue weighted by molar-refractivity contribution is 7.79. The molecule has 0 spiro atoms. The van der Waals surface area contributed by atoms with Gasteiger partial charge in [-0.05, 0) is 12.1 Å². The number of carbonyl (C=O) groups excluding carboxylic acids is 1. The molecular formula is C10H10N2O2S. The van der Waals surface area contributed by atoms with Gasteiger partial charge in [0.25, 0.3) is 0 Å². The van der Waals surface area contributed by atoms with Crippen LogP contribution in [0.2, 0.25) is 0 Å². The summed E-state index contributed by atoms with van der Waals surface area (Å²) in [6.45, 7) is 0. The van der Waals surface area contributed by atoms with Crippen LogP contribution in [0.3, 0.4) is 0 Å². The number of carbonyl (C=O) groups is 1. The number of thiol groups is 1. The molecule has 78 valence electrons. The van der Waals surface area contributed by atoms with E-state index in [4.69, 9.17) is 0 Å². The first-order valence-corrected chi connectivity index (χ1v) is 5.05. The molecule has 0 amide bonds. The summed E-state index contributed by atoms with van der Waals surface area (Å²) < 4.78 is 6.47. The zero-order chi connectivity index (χ0) is 10.8. The molecule has 0 saturated carbocycles. The standard InChI is InChI=1S/C10H10N2O2S/c1-14-10(13)8-3-2-4-12-5-7(6-15)11-9(8)12/h2-5,15H,6H2,1H3. The van der Waals surface area contributed by atoms with Gasteiger partial charge in [-0.2, -0.15) is 12.6 Å². The van der Waals surface area contributed by atoms with Crippen molar-refractivity contribution in [1.29, 1.82) is 0 Å². The van der Waals surface area contributed by atoms with Crippen LogP contribution >= 0.6 is 12.6 Å². The quantitative estimate of drug-likeness (QED) is 0.619. The van der Waals surface area contributed by atoms with E-state index in [1.807, 2.05) is 12.4 Å². The Morgan fingerprint density at radius 1 is 1.67 bits per heavy atom. The number of imidazole rings is 1. The van der Waals surface area contributed by atoms with E-state index < -0.39 is 0 Å². The second-order valence-electron chi connectivity index (χ2n) is 3.03. The van der Waals surface area contributed by atoms with E-state index in [9.17, 15) is 4.79 Å². The third-order valence-corrected chi connectivity index (χ3v) is 2.42. The molecule has 2 rings (SSSR count). The number of rotatable bonds is 2. The molecule has 15 heavy (non-hydrogen) atoms. The molecule has 4 nitrogen and oxygen atoms in total. The summed E-state index contributed by atoms with van der Waals surface area (Å²) >= 11 is 4.14. The molecule has 0 bridgehead atoms. The lowest BCUT2D eigenvalue weighted by Gasteiger charge is -2.00. The van der Waals surface area contributed by atoms with Gasteiger partial charge < -0.3 is 9.14 Å². The van der Waals surface area contributed by atoms with Gasteiger partial charge in [0.2, 0.25) is 0 Å². The zero-order valence-corrected chi connectivity index (χ0v) is 9.07. The second-order valence-corrected chi connectivity index (χ2v) is 3.35. The Balaban J connectivity index is 2.64. The number of nitrogens with zero attached hydrogens (tertiary/aromatic N) is 2. The zero-order valence-electron chi connectivity index (χ0n) is 8.17. The molecule has 0 N–H and O–H groups in total. The Hall–Kier alpha value is -1.49. The van der Waals surface area contributed by atoms with Crippen LogP contribution in [0.15, 0.2) is 24.5 Å². The molecule has 0 fully saturated rings. The fourth-order valence-corrected chi connectivity index (χ4v) is 1.56. The highest BCUT2D eigenvalue weighted by Crippen LogP contribution is 2.13. The van der Waals surface area contributed by atoms with Gasteiger partial charge in [0.05, 0.1) is 12.8 Å². The van der Waals surface area contributed by atoms with Crippen LogP contribution in [0.5, 0.6) is 0 Å². The predicted molar refractivity (Wildman–Crippen MR) is 59.2 cm³/mol. The van der Waals surface area contributed by atoms with E-state index in [0.29, 0.717) is 17.0 Å². The smallest absolute Gasteiger partial charge is 0.341 e. The molecule has 0 aliphatic carbocycles. The van der Waals surface area contributed by atoms with E-state index in [2.05, 4.69) is 22.3 Å². The second kappa shape index (κ2) is 3.94. The van der Waals surface area contributed by atoms with Gasteiger partial charge in [0, 0.05) is 18.1 Å². The van der Waals surface area contributed by atoms with Crippen LogP contribution in [0.4, 0.5) is 0 Å². The van der Waals surface area contributed by atoms with Crippen LogP contribution in [-0.2, 0) is 10.5 Å². The first kappa shape index (κ1) is 10.0. The minimum atomic E-state index is -0.378. The molecule has 2 heterocycles. The number of methoxy groups -OCH3 is 1. The molecule has 0 atom stereocenters. The summed E-state index contributed by atoms with van der Waals surface area (Å²) in [6.07, 6.45) is 3.68. The maximum atomic E-state index is 11.4. The fourth-order valence-electron chi connectivity index (χ4n) is 1.41. The van der Waals surface area contributed by atoms with E-state index in [-0.39, 0.29) is 5.97 Å². The summed E-state index contributed by atoms with van der Waals surface area (Å²) in [5.41, 5.74) is 1.90. The van der Waals surface area contributed by atoms with E-state index in [0.717, 1.165) is 5.69 Å². The van der Waals surface area contributed by atoms with Gasteiger partial charge in [-0.1, -0.05) is 0 Å². The average molecular weight is 222 g/mol. The summed E-state index contributed by atoms with van der Waals surface area (Å²) in [4.78, 5) is 15.7. The Bertz CT molecular complexity index is 507. The van der Waals surface area contributed by atoms with Gasteiger partial charge in [-0.15, -0.1) is 0 Å². The van der Waals surface area contributed by atoms with Gasteiger partial charge in [-0.3, -0.25) is 0 Å². The largest absolute Gasteiger partial charge is 0.465 e. The van der Waals surface area contributed by atoms with Crippen LogP contribution in [0.1, 0.15) is 16.1 Å². The maximum Gasteiger partial charge on any atom is 0.341 e. The number of pyridine rings is 1. The first-order valence-electron chi connectivity index (χ1n) is 4.42. The van der Waals surface area contributed by atoms with Crippen LogP contribution in [0.25, 0.3) is 5.65 Å². The van der Waals surface area contributed by atoms with E-state index in [1.165, 1.54) is 7.11 Å². The number of fused-ring (bicyclic) bond motifs is 1. The summed E-state index contributed by atoms with van der Waals surface area (Å²) in [5.74, 6) is 0.166. The SMILES string of the molecule is COC(=O)c1cccn2cc(CS)nc12. The lowest BCUT2D eigenvalue weighted by molar-refractivity contribution is 0.0602. The van der Waals surface area contributed by atoms with Crippen molar-refractivity contribution in [2.24, 2.45) is 0 Å². The Kier molecular flexibility index (Phi) is 2.64. The van der Waals surface area contributed by atoms with Gasteiger partial charge in [0.1, 0.15) is 5.56 Å². The predicted octanol–water partition coefficient (Wildman–Crippen LogP) is 1.55. The molecule has 0 unspecified atom stereocenters. The van der Waals surface area contributed by atoms with Crippen molar-refractivity contribution in [2.45, 2.75) is 5.75 Å². The molecule has 0 aliphatic heterocycles. The molecule has 0 saturated heterocycles. The van der Waals surface area contributed by atoms with E-state index >= 15 is 0 Å². The lowest BCUT2D eigenvalue weighted by Crippen LogP contribution is -2.03. The summed E-state index contributed by atoms with van der Waals surface area (Å²) in [6, 6.07) is 3.47. The van der Waals surface area contributed by atoms with Crippen molar-refractivity contribution in [2.75, 3.05) is 7.11 Å². The van der Waals surface area contributed by atoms with Crippen LogP contribution in [0, 0.1) is 0 Å². The number of ether oxygens (including phenoxy) is 1. The highest BCUT2D eigenvalue weighted by atomic mass is 32.1. The van der Waals surface area contributed by atoms with Crippen LogP contribution < -0.4 is 0 Å². The maximum absolute atomic E-state index is 11.4. The minimum Gasteiger partial charge on any atom is -0.465 e. The molecule has 0 radical (unpaired) electrons. The number of esters is 1. The normalized spacial score (nSPS) is 10.5. The fraction of sp³-hybridized carbons (Fsp3) is 0.200. The number of aromatic nitrogens is 2. The van der Waals surface area contributed by atoms with E-state index in [1.54, 1.807) is 16.5 Å². The van der Waals surface area contributed by atoms with Crippen molar-refractivity contribution in [3.63, 3.8) is 0 Å². The lowest BCUT2D eigenvalue weighted by atomic mass is 10.3. The van der Waals surface area contributed by atoms with Gasteiger partial charge in [-0.25, -0.2) is 9.78 Å². The molecule has 5 heteroatoms. The van der Waals surface area contributed by atoms with Gasteiger partial charge >= 0.3 is 5.97 Å². The van der Waals surface area contributed by atoms with Crippen LogP contribution in [-0.4, -0.2) is 22.5 Å². The molecule has 2 aromatic rings. The van der Waals surface area contributed by atoms with Gasteiger partial charge in [0.15, 0.2) is 5.65 Å². The van der Waals surface area contributed by atoms with Crippen molar-refractivity contribution < 1.29 is 9.53 Å². The van der Waals surface area contributed by atoms with Crippen molar-refractivity contribution in [3.05, 3.63) is 35.8 Å². The highest BCUT2D eigenvalue weighted by Gasteiger charge is 2.12. The number of hydrogen-bond donors (Lipinski definition) is 1. The topological polar surface area (TPSA) is 43.6 Å². The molecule has 2 aromatic heterocycles. The monoisotopic (exact) mass is 222 g/mol. The third kappa shape index (κ3) is 1.70. The third-order valence-electron chi connectivity index (χ3n) is 2.10. The van der Waals surface area contributed by atoms with Crippen molar-refractivity contribution in [1.82, 2.24) is 9.38 Å². The average Bonchev–Trinajstić information content (AvgIpc) is 2.70. The molecule has 0 aliphatic rings. The Morgan fingerprint density at radius 2 is 2.47 bits per heavy atom. The Morgan fingerprint density at radius 3 is 3.13 bits per heavy atom. The minimum absolute atomic E-state index is 0.378. The molecule has 0 aromatic carbocycles. The summed E-state index contributed by atoms with van der Waals surface area (Å²) in [5, 5.41) is 0. The Labute approximate surface area is 92.3 Å². The summed E-state index contributed by atoms with van der Waals surface area (Å²) in [7, 11) is 1.36. The van der Waals surface area contributed by atoms with Crippen molar-refractivity contribution in [3.8, 4) is 0 Å². The number of hydrogen-bond acceptors (Lipinski definition) is 4. The van der Waals surface area contributed by atoms with Crippen molar-refractivity contribution >= 4 is 24.2 Å². The first-order chi connectivity index (χ1) is 7.26. The molecular weight excluding hydrogens is 212 g/mol.